The summed E-state index contributed by atoms with van der Waals surface area (Å²) in [5.41, 5.74) is 8.54. The van der Waals surface area contributed by atoms with Gasteiger partial charge in [0.05, 0.1) is 7.11 Å². The normalized spacial score (nSPS) is 10.2. The van der Waals surface area contributed by atoms with Gasteiger partial charge in [-0.2, -0.15) is 0 Å². The number of methoxy groups -OCH3 is 1. The summed E-state index contributed by atoms with van der Waals surface area (Å²) in [6, 6.07) is 11.7. The number of hydrogen-bond acceptors (Lipinski definition) is 4. The first-order valence-corrected chi connectivity index (χ1v) is 7.03. The summed E-state index contributed by atoms with van der Waals surface area (Å²) < 4.78 is 5.38. The van der Waals surface area contributed by atoms with Crippen LogP contribution in [0.5, 0.6) is 5.75 Å². The summed E-state index contributed by atoms with van der Waals surface area (Å²) in [4.78, 5) is 6.97. The van der Waals surface area contributed by atoms with Gasteiger partial charge in [-0.25, -0.2) is 4.98 Å². The number of rotatable bonds is 5. The number of ether oxygens (including phenoxy) is 1. The van der Waals surface area contributed by atoms with Crippen molar-refractivity contribution in [1.82, 2.24) is 4.98 Å². The van der Waals surface area contributed by atoms with Crippen LogP contribution in [0.25, 0.3) is 0 Å². The van der Waals surface area contributed by atoms with Crippen LogP contribution in [0.15, 0.2) is 36.4 Å². The molecule has 0 bridgehead atoms. The Morgan fingerprint density at radius 2 is 2.05 bits per heavy atom. The average molecular weight is 301 g/mol. The Morgan fingerprint density at radius 3 is 2.71 bits per heavy atom. The number of anilines is 1. The van der Waals surface area contributed by atoms with Crippen molar-refractivity contribution >= 4 is 23.0 Å². The van der Waals surface area contributed by atoms with E-state index in [1.807, 2.05) is 55.3 Å². The highest BCUT2D eigenvalue weighted by Crippen LogP contribution is 2.22. The third-order valence-electron chi connectivity index (χ3n) is 3.22. The minimum atomic E-state index is 0.382. The van der Waals surface area contributed by atoms with Gasteiger partial charge in [0, 0.05) is 30.4 Å². The second kappa shape index (κ2) is 6.54. The van der Waals surface area contributed by atoms with Gasteiger partial charge in [0.2, 0.25) is 0 Å². The van der Waals surface area contributed by atoms with Crippen molar-refractivity contribution in [1.29, 1.82) is 0 Å². The molecule has 1 aromatic carbocycles. The van der Waals surface area contributed by atoms with Crippen LogP contribution >= 0.6 is 12.2 Å². The smallest absolute Gasteiger partial charge is 0.129 e. The summed E-state index contributed by atoms with van der Waals surface area (Å²) >= 11 is 5.05. The Kier molecular flexibility index (Phi) is 4.75. The fraction of sp³-hybridized carbons (Fsp3) is 0.250. The summed E-state index contributed by atoms with van der Waals surface area (Å²) in [7, 11) is 3.66. The first kappa shape index (κ1) is 15.3. The number of aryl methyl sites for hydroxylation is 1. The summed E-state index contributed by atoms with van der Waals surface area (Å²) in [5, 5.41) is 0. The van der Waals surface area contributed by atoms with Crippen LogP contribution in [0, 0.1) is 6.92 Å². The molecule has 0 saturated carbocycles. The Labute approximate surface area is 130 Å². The first-order chi connectivity index (χ1) is 10.0. The molecule has 0 amide bonds. The SMILES string of the molecule is COc1ccccc1CN(C)c1cc(C(N)=S)cc(C)n1. The van der Waals surface area contributed by atoms with E-state index in [-0.39, 0.29) is 0 Å². The molecule has 0 radical (unpaired) electrons. The van der Waals surface area contributed by atoms with Crippen LogP contribution in [0.4, 0.5) is 5.82 Å². The van der Waals surface area contributed by atoms with Crippen LogP contribution in [-0.4, -0.2) is 24.1 Å². The highest BCUT2D eigenvalue weighted by atomic mass is 32.1. The largest absolute Gasteiger partial charge is 0.496 e. The fourth-order valence-electron chi connectivity index (χ4n) is 2.16. The number of nitrogens with two attached hydrogens (primary N) is 1. The number of para-hydroxylation sites is 1. The highest BCUT2D eigenvalue weighted by Gasteiger charge is 2.10. The van der Waals surface area contributed by atoms with Gasteiger partial charge in [-0.3, -0.25) is 0 Å². The molecule has 21 heavy (non-hydrogen) atoms. The second-order valence-corrected chi connectivity index (χ2v) is 5.33. The van der Waals surface area contributed by atoms with Crippen molar-refractivity contribution < 1.29 is 4.74 Å². The number of benzene rings is 1. The summed E-state index contributed by atoms with van der Waals surface area (Å²) in [5.74, 6) is 1.70. The molecular formula is C16H19N3OS. The quantitative estimate of drug-likeness (QED) is 0.861. The van der Waals surface area contributed by atoms with Gasteiger partial charge in [-0.1, -0.05) is 30.4 Å². The van der Waals surface area contributed by atoms with Crippen molar-refractivity contribution in [2.45, 2.75) is 13.5 Å². The number of pyridine rings is 1. The van der Waals surface area contributed by atoms with E-state index in [1.165, 1.54) is 0 Å². The summed E-state index contributed by atoms with van der Waals surface area (Å²) in [6.45, 7) is 2.62. The fourth-order valence-corrected chi connectivity index (χ4v) is 2.28. The van der Waals surface area contributed by atoms with E-state index in [0.717, 1.165) is 28.4 Å². The molecule has 0 spiro atoms. The zero-order valence-corrected chi connectivity index (χ0v) is 13.3. The van der Waals surface area contributed by atoms with Crippen molar-refractivity contribution in [3.8, 4) is 5.75 Å². The van der Waals surface area contributed by atoms with Gasteiger partial charge in [-0.15, -0.1) is 0 Å². The maximum atomic E-state index is 5.72. The van der Waals surface area contributed by atoms with Gasteiger partial charge >= 0.3 is 0 Å². The van der Waals surface area contributed by atoms with E-state index in [9.17, 15) is 0 Å². The molecular weight excluding hydrogens is 282 g/mol. The molecule has 0 unspecified atom stereocenters. The Balaban J connectivity index is 2.28. The Hall–Kier alpha value is -2.14. The zero-order chi connectivity index (χ0) is 15.4. The van der Waals surface area contributed by atoms with E-state index >= 15 is 0 Å². The van der Waals surface area contributed by atoms with Gasteiger partial charge in [0.1, 0.15) is 16.6 Å². The first-order valence-electron chi connectivity index (χ1n) is 6.63. The maximum Gasteiger partial charge on any atom is 0.129 e. The number of hydrogen-bond donors (Lipinski definition) is 1. The van der Waals surface area contributed by atoms with Gasteiger partial charge < -0.3 is 15.4 Å². The molecule has 110 valence electrons. The van der Waals surface area contributed by atoms with E-state index in [1.54, 1.807) is 7.11 Å². The summed E-state index contributed by atoms with van der Waals surface area (Å²) in [6.07, 6.45) is 0. The number of thiocarbonyl (C=S) groups is 1. The van der Waals surface area contributed by atoms with Crippen LogP contribution < -0.4 is 15.4 Å². The molecule has 1 aromatic heterocycles. The van der Waals surface area contributed by atoms with Crippen LogP contribution in [-0.2, 0) is 6.54 Å². The lowest BCUT2D eigenvalue weighted by Crippen LogP contribution is -2.20. The topological polar surface area (TPSA) is 51.4 Å². The zero-order valence-electron chi connectivity index (χ0n) is 12.5. The molecule has 0 aliphatic carbocycles. The molecule has 0 atom stereocenters. The maximum absolute atomic E-state index is 5.72. The van der Waals surface area contributed by atoms with Crippen molar-refractivity contribution in [2.24, 2.45) is 5.73 Å². The molecule has 5 heteroatoms. The third-order valence-corrected chi connectivity index (χ3v) is 3.45. The average Bonchev–Trinajstić information content (AvgIpc) is 2.47. The molecule has 0 fully saturated rings. The number of aromatic nitrogens is 1. The molecule has 4 nitrogen and oxygen atoms in total. The Morgan fingerprint density at radius 1 is 1.33 bits per heavy atom. The minimum absolute atomic E-state index is 0.382. The molecule has 0 aliphatic rings. The lowest BCUT2D eigenvalue weighted by molar-refractivity contribution is 0.409. The molecule has 0 aliphatic heterocycles. The number of nitrogens with zero attached hydrogens (tertiary/aromatic N) is 2. The predicted molar refractivity (Wildman–Crippen MR) is 90.0 cm³/mol. The van der Waals surface area contributed by atoms with Gasteiger partial charge in [0.15, 0.2) is 0 Å². The van der Waals surface area contributed by atoms with Gasteiger partial charge in [0.25, 0.3) is 0 Å². The van der Waals surface area contributed by atoms with Crippen molar-refractivity contribution in [3.05, 3.63) is 53.2 Å². The van der Waals surface area contributed by atoms with E-state index in [2.05, 4.69) is 4.98 Å². The van der Waals surface area contributed by atoms with Crippen molar-refractivity contribution in [2.75, 3.05) is 19.1 Å². The lowest BCUT2D eigenvalue weighted by Gasteiger charge is -2.20. The van der Waals surface area contributed by atoms with E-state index in [0.29, 0.717) is 11.5 Å². The van der Waals surface area contributed by atoms with Gasteiger partial charge in [-0.05, 0) is 25.1 Å². The molecule has 2 aromatic rings. The third kappa shape index (κ3) is 3.70. The molecule has 1 heterocycles. The molecule has 2 rings (SSSR count). The standard InChI is InChI=1S/C16H19N3OS/c1-11-8-13(16(17)21)9-15(18-11)19(2)10-12-6-4-5-7-14(12)20-3/h4-9H,10H2,1-3H3,(H2,17,21). The highest BCUT2D eigenvalue weighted by molar-refractivity contribution is 7.80. The monoisotopic (exact) mass is 301 g/mol. The Bertz CT molecular complexity index is 658. The lowest BCUT2D eigenvalue weighted by atomic mass is 10.1. The van der Waals surface area contributed by atoms with Crippen LogP contribution in [0.2, 0.25) is 0 Å². The molecule has 2 N–H and O–H groups in total. The minimum Gasteiger partial charge on any atom is -0.496 e. The predicted octanol–water partition coefficient (Wildman–Crippen LogP) is 2.67. The van der Waals surface area contributed by atoms with Crippen LogP contribution in [0.3, 0.4) is 0 Å². The van der Waals surface area contributed by atoms with Crippen molar-refractivity contribution in [3.63, 3.8) is 0 Å². The van der Waals surface area contributed by atoms with E-state index < -0.39 is 0 Å². The van der Waals surface area contributed by atoms with E-state index in [4.69, 9.17) is 22.7 Å². The second-order valence-electron chi connectivity index (χ2n) is 4.89. The van der Waals surface area contributed by atoms with Crippen LogP contribution in [0.1, 0.15) is 16.8 Å². The molecule has 0 saturated heterocycles.